The van der Waals surface area contributed by atoms with Gasteiger partial charge in [-0.25, -0.2) is 0 Å². The molecule has 0 aliphatic rings. The van der Waals surface area contributed by atoms with E-state index in [1.807, 2.05) is 19.1 Å². The number of hydrogen-bond acceptors (Lipinski definition) is 3. The van der Waals surface area contributed by atoms with Gasteiger partial charge >= 0.3 is 0 Å². The van der Waals surface area contributed by atoms with E-state index < -0.39 is 0 Å². The topological polar surface area (TPSA) is 39.1 Å². The molecule has 1 heterocycles. The summed E-state index contributed by atoms with van der Waals surface area (Å²) in [6, 6.07) is 10.3. The number of aromatic nitrogens is 2. The molecule has 0 aliphatic heterocycles. The van der Waals surface area contributed by atoms with Gasteiger partial charge in [0.2, 0.25) is 0 Å². The maximum Gasteiger partial charge on any atom is 0.118 e. The fourth-order valence-corrected chi connectivity index (χ4v) is 2.23. The molecule has 0 unspecified atom stereocenters. The van der Waals surface area contributed by atoms with Gasteiger partial charge in [0.15, 0.2) is 0 Å². The second kappa shape index (κ2) is 7.10. The lowest BCUT2D eigenvalue weighted by atomic mass is 10.2. The highest BCUT2D eigenvalue weighted by Gasteiger charge is 2.04. The highest BCUT2D eigenvalue weighted by atomic mass is 16.5. The minimum absolute atomic E-state index is 0.840. The van der Waals surface area contributed by atoms with Crippen LogP contribution >= 0.6 is 0 Å². The molecule has 0 aliphatic carbocycles. The van der Waals surface area contributed by atoms with Crippen LogP contribution in [0.3, 0.4) is 0 Å². The molecule has 1 aromatic carbocycles. The van der Waals surface area contributed by atoms with E-state index in [1.165, 1.54) is 11.3 Å². The first-order valence-electron chi connectivity index (χ1n) is 7.10. The quantitative estimate of drug-likeness (QED) is 0.843. The van der Waals surface area contributed by atoms with Gasteiger partial charge in [-0.2, -0.15) is 5.10 Å². The fourth-order valence-electron chi connectivity index (χ4n) is 2.23. The van der Waals surface area contributed by atoms with Crippen molar-refractivity contribution in [3.8, 4) is 5.75 Å². The lowest BCUT2D eigenvalue weighted by Gasteiger charge is -2.08. The summed E-state index contributed by atoms with van der Waals surface area (Å²) in [6.07, 6.45) is 1.10. The molecule has 4 nitrogen and oxygen atoms in total. The number of rotatable bonds is 7. The van der Waals surface area contributed by atoms with Gasteiger partial charge in [0.1, 0.15) is 5.75 Å². The van der Waals surface area contributed by atoms with Crippen molar-refractivity contribution in [2.45, 2.75) is 39.9 Å². The molecule has 0 saturated heterocycles. The molecule has 0 fully saturated rings. The van der Waals surface area contributed by atoms with E-state index in [2.05, 4.69) is 40.2 Å². The zero-order valence-corrected chi connectivity index (χ0v) is 12.5. The minimum atomic E-state index is 0.840. The molecule has 1 N–H and O–H groups in total. The highest BCUT2D eigenvalue weighted by molar-refractivity contribution is 5.27. The average molecular weight is 273 g/mol. The molecule has 20 heavy (non-hydrogen) atoms. The third-order valence-electron chi connectivity index (χ3n) is 3.22. The SMILES string of the molecule is CCCn1nc(C)cc1CNCc1ccc(OC)cc1. The number of ether oxygens (including phenoxy) is 1. The van der Waals surface area contributed by atoms with E-state index in [9.17, 15) is 0 Å². The van der Waals surface area contributed by atoms with Crippen molar-refractivity contribution in [2.24, 2.45) is 0 Å². The van der Waals surface area contributed by atoms with Crippen molar-refractivity contribution in [1.82, 2.24) is 15.1 Å². The van der Waals surface area contributed by atoms with Crippen LogP contribution in [0.1, 0.15) is 30.3 Å². The Morgan fingerprint density at radius 2 is 1.95 bits per heavy atom. The van der Waals surface area contributed by atoms with Gasteiger partial charge in [-0.1, -0.05) is 19.1 Å². The predicted octanol–water partition coefficient (Wildman–Crippen LogP) is 2.90. The first-order valence-corrected chi connectivity index (χ1v) is 7.10. The van der Waals surface area contributed by atoms with Crippen molar-refractivity contribution in [3.63, 3.8) is 0 Å². The lowest BCUT2D eigenvalue weighted by Crippen LogP contribution is -2.16. The Labute approximate surface area is 120 Å². The van der Waals surface area contributed by atoms with E-state index in [-0.39, 0.29) is 0 Å². The van der Waals surface area contributed by atoms with Crippen LogP contribution in [-0.4, -0.2) is 16.9 Å². The normalized spacial score (nSPS) is 10.8. The second-order valence-corrected chi connectivity index (χ2v) is 4.95. The zero-order chi connectivity index (χ0) is 14.4. The van der Waals surface area contributed by atoms with Crippen LogP contribution in [0, 0.1) is 6.92 Å². The Bertz CT molecular complexity index is 531. The van der Waals surface area contributed by atoms with E-state index in [0.717, 1.165) is 37.5 Å². The lowest BCUT2D eigenvalue weighted by molar-refractivity contribution is 0.414. The van der Waals surface area contributed by atoms with E-state index in [0.29, 0.717) is 0 Å². The number of aryl methyl sites for hydroxylation is 2. The van der Waals surface area contributed by atoms with E-state index in [4.69, 9.17) is 4.74 Å². The second-order valence-electron chi connectivity index (χ2n) is 4.95. The smallest absolute Gasteiger partial charge is 0.118 e. The molecule has 2 aromatic rings. The first-order chi connectivity index (χ1) is 9.72. The Hall–Kier alpha value is -1.81. The summed E-state index contributed by atoms with van der Waals surface area (Å²) in [7, 11) is 1.68. The third kappa shape index (κ3) is 3.84. The number of nitrogens with zero attached hydrogens (tertiary/aromatic N) is 2. The summed E-state index contributed by atoms with van der Waals surface area (Å²) in [5.74, 6) is 0.894. The summed E-state index contributed by atoms with van der Waals surface area (Å²) < 4.78 is 7.25. The van der Waals surface area contributed by atoms with Crippen LogP contribution in [0.25, 0.3) is 0 Å². The molecule has 0 radical (unpaired) electrons. The molecular formula is C16H23N3O. The molecule has 0 saturated carbocycles. The molecule has 4 heteroatoms. The number of methoxy groups -OCH3 is 1. The number of hydrogen-bond donors (Lipinski definition) is 1. The molecule has 1 aromatic heterocycles. The van der Waals surface area contributed by atoms with E-state index >= 15 is 0 Å². The standard InChI is InChI=1S/C16H23N3O/c1-4-9-19-15(10-13(2)18-19)12-17-11-14-5-7-16(20-3)8-6-14/h5-8,10,17H,4,9,11-12H2,1-3H3. The van der Waals surface area contributed by atoms with Crippen LogP contribution in [0.5, 0.6) is 5.75 Å². The monoisotopic (exact) mass is 273 g/mol. The average Bonchev–Trinajstić information content (AvgIpc) is 2.80. The van der Waals surface area contributed by atoms with Gasteiger partial charge in [-0.3, -0.25) is 4.68 Å². The van der Waals surface area contributed by atoms with Crippen molar-refractivity contribution >= 4 is 0 Å². The van der Waals surface area contributed by atoms with Gasteiger partial charge in [0.05, 0.1) is 18.5 Å². The Balaban J connectivity index is 1.88. The number of nitrogens with one attached hydrogen (secondary N) is 1. The first kappa shape index (κ1) is 14.6. The van der Waals surface area contributed by atoms with Gasteiger partial charge in [-0.15, -0.1) is 0 Å². The molecule has 0 amide bonds. The summed E-state index contributed by atoms with van der Waals surface area (Å²) in [5, 5.41) is 7.97. The van der Waals surface area contributed by atoms with Crippen molar-refractivity contribution < 1.29 is 4.74 Å². The molecule has 0 atom stereocenters. The molecule has 0 spiro atoms. The predicted molar refractivity (Wildman–Crippen MR) is 80.8 cm³/mol. The van der Waals surface area contributed by atoms with Gasteiger partial charge < -0.3 is 10.1 Å². The molecular weight excluding hydrogens is 250 g/mol. The van der Waals surface area contributed by atoms with Crippen LogP contribution in [0.2, 0.25) is 0 Å². The maximum atomic E-state index is 5.16. The molecule has 0 bridgehead atoms. The summed E-state index contributed by atoms with van der Waals surface area (Å²) >= 11 is 0. The fraction of sp³-hybridized carbons (Fsp3) is 0.438. The Kier molecular flexibility index (Phi) is 5.18. The zero-order valence-electron chi connectivity index (χ0n) is 12.5. The van der Waals surface area contributed by atoms with Gasteiger partial charge in [0, 0.05) is 19.6 Å². The van der Waals surface area contributed by atoms with Crippen molar-refractivity contribution in [2.75, 3.05) is 7.11 Å². The Morgan fingerprint density at radius 3 is 2.60 bits per heavy atom. The Morgan fingerprint density at radius 1 is 1.20 bits per heavy atom. The third-order valence-corrected chi connectivity index (χ3v) is 3.22. The number of benzene rings is 1. The maximum absolute atomic E-state index is 5.16. The van der Waals surface area contributed by atoms with Crippen molar-refractivity contribution in [3.05, 3.63) is 47.3 Å². The largest absolute Gasteiger partial charge is 0.497 e. The van der Waals surface area contributed by atoms with Gasteiger partial charge in [-0.05, 0) is 37.1 Å². The summed E-state index contributed by atoms with van der Waals surface area (Å²) in [4.78, 5) is 0. The van der Waals surface area contributed by atoms with Crippen LogP contribution in [0.15, 0.2) is 30.3 Å². The summed E-state index contributed by atoms with van der Waals surface area (Å²) in [6.45, 7) is 6.88. The minimum Gasteiger partial charge on any atom is -0.497 e. The van der Waals surface area contributed by atoms with Gasteiger partial charge in [0.25, 0.3) is 0 Å². The van der Waals surface area contributed by atoms with E-state index in [1.54, 1.807) is 7.11 Å². The van der Waals surface area contributed by atoms with Crippen LogP contribution < -0.4 is 10.1 Å². The van der Waals surface area contributed by atoms with Crippen LogP contribution in [-0.2, 0) is 19.6 Å². The van der Waals surface area contributed by atoms with Crippen molar-refractivity contribution in [1.29, 1.82) is 0 Å². The molecule has 2 rings (SSSR count). The highest BCUT2D eigenvalue weighted by Crippen LogP contribution is 2.11. The summed E-state index contributed by atoms with van der Waals surface area (Å²) in [5.41, 5.74) is 3.58. The van der Waals surface area contributed by atoms with Crippen LogP contribution in [0.4, 0.5) is 0 Å². The molecule has 108 valence electrons.